The molecule has 0 aliphatic rings. The number of hydrazone groups is 1. The summed E-state index contributed by atoms with van der Waals surface area (Å²) in [5.41, 5.74) is 8.84. The second-order valence-electron chi connectivity index (χ2n) is 11.0. The second-order valence-corrected chi connectivity index (χ2v) is 12.8. The molecular formula is C34H36N6O4S. The van der Waals surface area contributed by atoms with E-state index in [1.165, 1.54) is 34.2 Å². The molecule has 2 aromatic heterocycles. The maximum absolute atomic E-state index is 13.9. The second kappa shape index (κ2) is 12.4. The first kappa shape index (κ1) is 31.3. The number of amides is 1. The van der Waals surface area contributed by atoms with Gasteiger partial charge in [0.1, 0.15) is 12.2 Å². The van der Waals surface area contributed by atoms with Gasteiger partial charge in [0.2, 0.25) is 0 Å². The van der Waals surface area contributed by atoms with Crippen LogP contribution in [0.3, 0.4) is 0 Å². The highest BCUT2D eigenvalue weighted by Gasteiger charge is 2.33. The maximum Gasteiger partial charge on any atom is 0.296 e. The van der Waals surface area contributed by atoms with E-state index in [4.69, 9.17) is 0 Å². The van der Waals surface area contributed by atoms with Gasteiger partial charge in [0.25, 0.3) is 21.5 Å². The molecule has 0 saturated heterocycles. The molecule has 232 valence electrons. The minimum atomic E-state index is -4.31. The zero-order chi connectivity index (χ0) is 32.5. The fourth-order valence-electron chi connectivity index (χ4n) is 5.37. The Hall–Kier alpha value is -5.16. The molecule has 10 nitrogen and oxygen atoms in total. The summed E-state index contributed by atoms with van der Waals surface area (Å²) in [6.45, 7) is 9.08. The molecule has 0 unspecified atom stereocenters. The van der Waals surface area contributed by atoms with Gasteiger partial charge in [0.15, 0.2) is 0 Å². The number of benzene rings is 3. The Kier molecular flexibility index (Phi) is 8.65. The summed E-state index contributed by atoms with van der Waals surface area (Å²) in [5, 5.41) is 4.15. The Labute approximate surface area is 262 Å². The van der Waals surface area contributed by atoms with Crippen LogP contribution in [-0.4, -0.2) is 41.0 Å². The van der Waals surface area contributed by atoms with Gasteiger partial charge in [0, 0.05) is 29.7 Å². The Morgan fingerprint density at radius 2 is 1.49 bits per heavy atom. The van der Waals surface area contributed by atoms with Crippen molar-refractivity contribution in [3.8, 4) is 11.4 Å². The first-order valence-corrected chi connectivity index (χ1v) is 15.9. The molecule has 0 saturated carbocycles. The van der Waals surface area contributed by atoms with Gasteiger partial charge in [-0.2, -0.15) is 5.10 Å². The number of hydrogen-bond donors (Lipinski definition) is 1. The smallest absolute Gasteiger partial charge is 0.296 e. The van der Waals surface area contributed by atoms with Crippen LogP contribution in [0.15, 0.2) is 99.7 Å². The topological polar surface area (TPSA) is 111 Å². The highest BCUT2D eigenvalue weighted by Crippen LogP contribution is 2.26. The molecule has 11 heteroatoms. The van der Waals surface area contributed by atoms with E-state index in [2.05, 4.69) is 47.1 Å². The number of hydrogen-bond acceptors (Lipinski definition) is 5. The van der Waals surface area contributed by atoms with Crippen molar-refractivity contribution in [2.75, 3.05) is 10.8 Å². The lowest BCUT2D eigenvalue weighted by Crippen LogP contribution is -2.42. The summed E-state index contributed by atoms with van der Waals surface area (Å²) in [7, 11) is -2.65. The third-order valence-corrected chi connectivity index (χ3v) is 9.76. The molecule has 0 radical (unpaired) electrons. The first-order valence-electron chi connectivity index (χ1n) is 14.4. The fourth-order valence-corrected chi connectivity index (χ4v) is 6.86. The summed E-state index contributed by atoms with van der Waals surface area (Å²) in [6.07, 6.45) is 1.53. The monoisotopic (exact) mass is 624 g/mol. The van der Waals surface area contributed by atoms with Crippen molar-refractivity contribution in [3.05, 3.63) is 129 Å². The Bertz CT molecular complexity index is 2070. The number of aromatic nitrogens is 3. The zero-order valence-corrected chi connectivity index (χ0v) is 27.0. The normalized spacial score (nSPS) is 11.7. The van der Waals surface area contributed by atoms with E-state index in [0.717, 1.165) is 26.9 Å². The molecule has 0 aliphatic carbocycles. The predicted molar refractivity (Wildman–Crippen MR) is 177 cm³/mol. The minimum absolute atomic E-state index is 0.0472. The molecule has 0 bridgehead atoms. The average molecular weight is 625 g/mol. The molecule has 1 amide bonds. The van der Waals surface area contributed by atoms with Crippen molar-refractivity contribution in [3.63, 3.8) is 0 Å². The number of nitrogens with one attached hydrogen (secondary N) is 1. The molecule has 1 N–H and O–H groups in total. The molecule has 5 rings (SSSR count). The molecule has 0 aliphatic heterocycles. The van der Waals surface area contributed by atoms with Crippen LogP contribution in [0, 0.1) is 34.6 Å². The minimum Gasteiger partial charge on any atom is -0.318 e. The van der Waals surface area contributed by atoms with E-state index in [1.807, 2.05) is 26.0 Å². The van der Waals surface area contributed by atoms with Crippen LogP contribution in [0.1, 0.15) is 33.8 Å². The molecule has 0 spiro atoms. The average Bonchev–Trinajstić information content (AvgIpc) is 3.43. The van der Waals surface area contributed by atoms with Crippen LogP contribution in [0.5, 0.6) is 0 Å². The molecule has 2 heterocycles. The lowest BCUT2D eigenvalue weighted by Gasteiger charge is -2.22. The molecular weight excluding hydrogens is 588 g/mol. The third kappa shape index (κ3) is 5.99. The Balaban J connectivity index is 1.46. The van der Waals surface area contributed by atoms with Crippen LogP contribution in [-0.2, 0) is 21.9 Å². The molecule has 0 atom stereocenters. The van der Waals surface area contributed by atoms with Crippen molar-refractivity contribution in [1.82, 2.24) is 19.4 Å². The SMILES string of the molecule is Cc1ccc(-n2c(C)cc(/C=N\NC(=O)CN(c3c(C)n(C)n(-c4ccccc4)c3=O)S(=O)(=O)c3ccccc3)c2C)cc1C. The molecule has 45 heavy (non-hydrogen) atoms. The van der Waals surface area contributed by atoms with Crippen molar-refractivity contribution < 1.29 is 13.2 Å². The van der Waals surface area contributed by atoms with Gasteiger partial charge in [-0.1, -0.05) is 42.5 Å². The van der Waals surface area contributed by atoms with E-state index in [9.17, 15) is 18.0 Å². The molecule has 5 aromatic rings. The maximum atomic E-state index is 13.9. The number of carbonyl (C=O) groups is 1. The number of rotatable bonds is 9. The molecule has 0 fully saturated rings. The summed E-state index contributed by atoms with van der Waals surface area (Å²) in [4.78, 5) is 27.0. The van der Waals surface area contributed by atoms with Gasteiger partial charge in [-0.05, 0) is 88.2 Å². The van der Waals surface area contributed by atoms with Gasteiger partial charge >= 0.3 is 0 Å². The van der Waals surface area contributed by atoms with Gasteiger partial charge in [-0.15, -0.1) is 0 Å². The first-order chi connectivity index (χ1) is 21.4. The number of aryl methyl sites for hydroxylation is 3. The Morgan fingerprint density at radius 3 is 2.13 bits per heavy atom. The van der Waals surface area contributed by atoms with E-state index < -0.39 is 28.0 Å². The highest BCUT2D eigenvalue weighted by molar-refractivity contribution is 7.92. The van der Waals surface area contributed by atoms with E-state index in [-0.39, 0.29) is 10.6 Å². The lowest BCUT2D eigenvalue weighted by atomic mass is 10.1. The van der Waals surface area contributed by atoms with Gasteiger partial charge in [-0.3, -0.25) is 14.3 Å². The summed E-state index contributed by atoms with van der Waals surface area (Å²) in [6, 6.07) is 24.8. The summed E-state index contributed by atoms with van der Waals surface area (Å²) >= 11 is 0. The number of sulfonamides is 1. The van der Waals surface area contributed by atoms with Crippen LogP contribution < -0.4 is 15.3 Å². The highest BCUT2D eigenvalue weighted by atomic mass is 32.2. The van der Waals surface area contributed by atoms with Crippen LogP contribution >= 0.6 is 0 Å². The number of nitrogens with zero attached hydrogens (tertiary/aromatic N) is 5. The number of carbonyl (C=O) groups excluding carboxylic acids is 1. The predicted octanol–water partition coefficient (Wildman–Crippen LogP) is 4.85. The quantitative estimate of drug-likeness (QED) is 0.187. The van der Waals surface area contributed by atoms with Gasteiger partial charge in [0.05, 0.1) is 22.5 Å². The number of para-hydroxylation sites is 1. The van der Waals surface area contributed by atoms with Crippen molar-refractivity contribution in [1.29, 1.82) is 0 Å². The van der Waals surface area contributed by atoms with Crippen molar-refractivity contribution in [2.45, 2.75) is 39.5 Å². The fraction of sp³-hybridized carbons (Fsp3) is 0.206. The number of anilines is 1. The van der Waals surface area contributed by atoms with Crippen molar-refractivity contribution >= 4 is 27.8 Å². The van der Waals surface area contributed by atoms with Crippen molar-refractivity contribution in [2.24, 2.45) is 12.1 Å². The molecule has 3 aromatic carbocycles. The third-order valence-electron chi connectivity index (χ3n) is 8.00. The largest absolute Gasteiger partial charge is 0.318 e. The van der Waals surface area contributed by atoms with Gasteiger partial charge in [-0.25, -0.2) is 22.8 Å². The zero-order valence-electron chi connectivity index (χ0n) is 26.1. The van der Waals surface area contributed by atoms with E-state index in [1.54, 1.807) is 61.1 Å². The van der Waals surface area contributed by atoms with E-state index in [0.29, 0.717) is 11.4 Å². The lowest BCUT2D eigenvalue weighted by molar-refractivity contribution is -0.119. The van der Waals surface area contributed by atoms with Crippen LogP contribution in [0.4, 0.5) is 5.69 Å². The summed E-state index contributed by atoms with van der Waals surface area (Å²) in [5.74, 6) is -0.706. The standard InChI is InChI=1S/C34H36N6O4S/c1-23-17-18-30(19-24(23)2)39-25(3)20-28(26(39)4)21-35-36-32(41)22-38(45(43,44)31-15-11-8-12-16-31)33-27(5)37(6)40(34(33)42)29-13-9-7-10-14-29/h7-21H,22H2,1-6H3,(H,36,41)/b35-21-. The summed E-state index contributed by atoms with van der Waals surface area (Å²) < 4.78 is 33.8. The van der Waals surface area contributed by atoms with Crippen LogP contribution in [0.2, 0.25) is 0 Å². The van der Waals surface area contributed by atoms with Gasteiger partial charge < -0.3 is 4.57 Å². The van der Waals surface area contributed by atoms with Crippen LogP contribution in [0.25, 0.3) is 11.4 Å². The Morgan fingerprint density at radius 1 is 0.844 bits per heavy atom. The van der Waals surface area contributed by atoms with E-state index >= 15 is 0 Å².